The Morgan fingerprint density at radius 2 is 1.71 bits per heavy atom. The van der Waals surface area contributed by atoms with Gasteiger partial charge < -0.3 is 18.9 Å². The Morgan fingerprint density at radius 1 is 1.08 bits per heavy atom. The highest BCUT2D eigenvalue weighted by Gasteiger charge is 2.35. The molecule has 38 heavy (non-hydrogen) atoms. The van der Waals surface area contributed by atoms with Crippen LogP contribution in [0.2, 0.25) is 5.02 Å². The van der Waals surface area contributed by atoms with Crippen molar-refractivity contribution in [1.82, 2.24) is 24.7 Å². The van der Waals surface area contributed by atoms with Gasteiger partial charge in [0.05, 0.1) is 25.3 Å². The molecule has 2 aromatic heterocycles. The van der Waals surface area contributed by atoms with E-state index in [2.05, 4.69) is 24.9 Å². The molecule has 0 amide bonds. The molecular formula is C24H31ClN6O6S. The highest BCUT2D eigenvalue weighted by molar-refractivity contribution is 7.93. The van der Waals surface area contributed by atoms with Crippen LogP contribution in [0.5, 0.6) is 11.5 Å². The predicted octanol–water partition coefficient (Wildman–Crippen LogP) is 3.71. The Kier molecular flexibility index (Phi) is 9.03. The van der Waals surface area contributed by atoms with Gasteiger partial charge in [0.2, 0.25) is 16.0 Å². The molecule has 0 spiro atoms. The van der Waals surface area contributed by atoms with Crippen LogP contribution in [0.25, 0.3) is 5.69 Å². The summed E-state index contributed by atoms with van der Waals surface area (Å²) >= 11 is 5.89. The van der Waals surface area contributed by atoms with Crippen LogP contribution in [0.4, 0.5) is 5.95 Å². The fraction of sp³-hybridized carbons (Fsp3) is 0.500. The molecule has 1 fully saturated rings. The molecule has 0 saturated heterocycles. The number of methoxy groups -OCH3 is 3. The number of aromatic nitrogens is 5. The number of rotatable bonds is 12. The fourth-order valence-electron chi connectivity index (χ4n) is 4.37. The van der Waals surface area contributed by atoms with E-state index in [-0.39, 0.29) is 24.5 Å². The molecule has 0 radical (unpaired) electrons. The van der Waals surface area contributed by atoms with Crippen LogP contribution in [0, 0.1) is 0 Å². The van der Waals surface area contributed by atoms with Crippen LogP contribution in [0.15, 0.2) is 30.6 Å². The lowest BCUT2D eigenvalue weighted by Gasteiger charge is -2.23. The van der Waals surface area contributed by atoms with E-state index in [0.29, 0.717) is 28.0 Å². The van der Waals surface area contributed by atoms with Crippen molar-refractivity contribution in [3.05, 3.63) is 47.3 Å². The lowest BCUT2D eigenvalue weighted by molar-refractivity contribution is 0.0409. The van der Waals surface area contributed by atoms with Gasteiger partial charge in [-0.2, -0.15) is 0 Å². The van der Waals surface area contributed by atoms with Gasteiger partial charge in [-0.1, -0.05) is 30.5 Å². The lowest BCUT2D eigenvalue weighted by atomic mass is 10.2. The van der Waals surface area contributed by atoms with E-state index in [0.717, 1.165) is 25.7 Å². The average molecular weight is 567 g/mol. The van der Waals surface area contributed by atoms with Gasteiger partial charge in [0, 0.05) is 19.5 Å². The number of anilines is 1. The minimum atomic E-state index is -4.10. The molecule has 1 aliphatic rings. The number of nitrogens with one attached hydrogen (secondary N) is 1. The maximum absolute atomic E-state index is 13.6. The zero-order valence-corrected chi connectivity index (χ0v) is 23.2. The molecule has 12 nitrogen and oxygen atoms in total. The van der Waals surface area contributed by atoms with Crippen molar-refractivity contribution in [1.29, 1.82) is 0 Å². The monoisotopic (exact) mass is 566 g/mol. The first kappa shape index (κ1) is 28.0. The number of hydrogen-bond donors (Lipinski definition) is 1. The number of nitrogens with zero attached hydrogens (tertiary/aromatic N) is 5. The minimum Gasteiger partial charge on any atom is -0.494 e. The zero-order chi connectivity index (χ0) is 27.3. The van der Waals surface area contributed by atoms with Gasteiger partial charge >= 0.3 is 0 Å². The Hall–Kier alpha value is -3.00. The molecule has 2 atom stereocenters. The van der Waals surface area contributed by atoms with E-state index in [4.69, 9.17) is 30.5 Å². The molecule has 206 valence electrons. The van der Waals surface area contributed by atoms with Gasteiger partial charge in [-0.3, -0.25) is 9.29 Å². The third-order valence-corrected chi connectivity index (χ3v) is 8.29. The van der Waals surface area contributed by atoms with Gasteiger partial charge in [-0.25, -0.2) is 18.4 Å². The summed E-state index contributed by atoms with van der Waals surface area (Å²) in [7, 11) is 0.306. The van der Waals surface area contributed by atoms with Crippen LogP contribution in [0.3, 0.4) is 0 Å². The fourth-order valence-corrected chi connectivity index (χ4v) is 5.60. The van der Waals surface area contributed by atoms with Crippen molar-refractivity contribution in [3.63, 3.8) is 0 Å². The molecule has 0 bridgehead atoms. The second-order valence-corrected chi connectivity index (χ2v) is 11.2. The summed E-state index contributed by atoms with van der Waals surface area (Å²) in [6.45, 7) is 1.61. The highest BCUT2D eigenvalue weighted by atomic mass is 35.5. The summed E-state index contributed by atoms with van der Waals surface area (Å²) < 4.78 is 53.9. The Morgan fingerprint density at radius 3 is 2.29 bits per heavy atom. The summed E-state index contributed by atoms with van der Waals surface area (Å²) in [4.78, 5) is 8.25. The maximum Gasteiger partial charge on any atom is 0.243 e. The molecule has 0 aliphatic heterocycles. The van der Waals surface area contributed by atoms with Crippen LogP contribution in [0.1, 0.15) is 50.4 Å². The molecule has 14 heteroatoms. The van der Waals surface area contributed by atoms with Gasteiger partial charge in [-0.15, -0.1) is 10.2 Å². The van der Waals surface area contributed by atoms with Crippen molar-refractivity contribution >= 4 is 27.6 Å². The zero-order valence-electron chi connectivity index (χ0n) is 21.6. The summed E-state index contributed by atoms with van der Waals surface area (Å²) in [6.07, 6.45) is 6.04. The SMILES string of the molecule is COc1cccc(OC)c1-n1c(COC2CCCC2)nnc1NS(=O)(=O)[C@@H](C)[C@H](OC)c1ncc(Cl)cn1. The molecule has 1 aliphatic carbocycles. The van der Waals surface area contributed by atoms with E-state index in [9.17, 15) is 8.42 Å². The summed E-state index contributed by atoms with van der Waals surface area (Å²) in [6, 6.07) is 5.24. The Balaban J connectivity index is 1.72. The number of sulfonamides is 1. The van der Waals surface area contributed by atoms with Gasteiger partial charge in [0.25, 0.3) is 0 Å². The quantitative estimate of drug-likeness (QED) is 0.345. The third kappa shape index (κ3) is 6.01. The van der Waals surface area contributed by atoms with Crippen LogP contribution in [-0.2, 0) is 26.1 Å². The molecule has 2 heterocycles. The standard InChI is InChI=1S/C24H31ClN6O6S/c1-15(22(36-4)23-26-12-16(25)13-27-23)38(32,33)30-24-29-28-20(14-37-17-8-5-6-9-17)31(24)21-18(34-2)10-7-11-19(21)35-3/h7,10-13,15,17,22H,5-6,8-9,14H2,1-4H3,(H,29,30)/t15-,22-/m0/s1. The number of halogens is 1. The predicted molar refractivity (Wildman–Crippen MR) is 140 cm³/mol. The first-order valence-corrected chi connectivity index (χ1v) is 14.0. The van der Waals surface area contributed by atoms with Gasteiger partial charge in [-0.05, 0) is 31.9 Å². The Labute approximate surface area is 226 Å². The molecular weight excluding hydrogens is 536 g/mol. The van der Waals surface area contributed by atoms with Crippen molar-refractivity contribution < 1.29 is 27.4 Å². The van der Waals surface area contributed by atoms with Gasteiger partial charge in [0.1, 0.15) is 35.1 Å². The van der Waals surface area contributed by atoms with E-state index in [1.54, 1.807) is 18.2 Å². The van der Waals surface area contributed by atoms with E-state index in [1.807, 2.05) is 0 Å². The largest absolute Gasteiger partial charge is 0.494 e. The smallest absolute Gasteiger partial charge is 0.243 e. The molecule has 0 unspecified atom stereocenters. The van der Waals surface area contributed by atoms with Crippen molar-refractivity contribution in [2.45, 2.75) is 56.7 Å². The third-order valence-electron chi connectivity index (χ3n) is 6.40. The summed E-state index contributed by atoms with van der Waals surface area (Å²) in [5.74, 6) is 1.37. The maximum atomic E-state index is 13.6. The molecule has 4 rings (SSSR count). The number of benzene rings is 1. The van der Waals surface area contributed by atoms with Crippen LogP contribution < -0.4 is 14.2 Å². The molecule has 1 aromatic carbocycles. The molecule has 3 aromatic rings. The van der Waals surface area contributed by atoms with Crippen LogP contribution in [-0.4, -0.2) is 65.8 Å². The van der Waals surface area contributed by atoms with Crippen molar-refractivity contribution in [2.75, 3.05) is 26.1 Å². The minimum absolute atomic E-state index is 0.0588. The first-order valence-electron chi connectivity index (χ1n) is 12.1. The average Bonchev–Trinajstić information content (AvgIpc) is 3.58. The van der Waals surface area contributed by atoms with E-state index in [1.165, 1.54) is 45.2 Å². The van der Waals surface area contributed by atoms with Crippen LogP contribution >= 0.6 is 11.6 Å². The number of ether oxygens (including phenoxy) is 4. The van der Waals surface area contributed by atoms with Crippen molar-refractivity contribution in [2.24, 2.45) is 0 Å². The summed E-state index contributed by atoms with van der Waals surface area (Å²) in [5, 5.41) is 7.64. The number of para-hydroxylation sites is 1. The second-order valence-electron chi connectivity index (χ2n) is 8.77. The Bertz CT molecular complexity index is 1310. The van der Waals surface area contributed by atoms with Gasteiger partial charge in [0.15, 0.2) is 11.6 Å². The molecule has 1 saturated carbocycles. The summed E-state index contributed by atoms with van der Waals surface area (Å²) in [5.41, 5.74) is 0.433. The van der Waals surface area contributed by atoms with Crippen molar-refractivity contribution in [3.8, 4) is 17.2 Å². The molecule has 1 N–H and O–H groups in total. The second kappa shape index (κ2) is 12.2. The van der Waals surface area contributed by atoms with E-state index >= 15 is 0 Å². The highest BCUT2D eigenvalue weighted by Crippen LogP contribution is 2.36. The topological polar surface area (TPSA) is 140 Å². The first-order chi connectivity index (χ1) is 18.3. The van der Waals surface area contributed by atoms with E-state index < -0.39 is 21.4 Å². The number of hydrogen-bond acceptors (Lipinski definition) is 10. The lowest BCUT2D eigenvalue weighted by Crippen LogP contribution is -2.33. The normalized spacial score (nSPS) is 15.8.